The lowest BCUT2D eigenvalue weighted by molar-refractivity contribution is -0.946. The van der Waals surface area contributed by atoms with Crippen molar-refractivity contribution in [3.63, 3.8) is 0 Å². The lowest BCUT2D eigenvalue weighted by Crippen LogP contribution is -2.65. The molecule has 0 radical (unpaired) electrons. The van der Waals surface area contributed by atoms with Crippen LogP contribution in [0.15, 0.2) is 41.8 Å². The normalized spacial score (nSPS) is 29.5. The molecule has 2 aromatic rings. The number of thiophene rings is 1. The fourth-order valence-electron chi connectivity index (χ4n) is 6.26. The second-order valence-electron chi connectivity index (χ2n) is 10.4. The molecule has 5 heterocycles. The molecule has 4 fully saturated rings. The molecule has 4 saturated heterocycles. The Morgan fingerprint density at radius 2 is 1.91 bits per heavy atom. The number of fused-ring (bicyclic) bond motifs is 3. The summed E-state index contributed by atoms with van der Waals surface area (Å²) < 4.78 is 21.5. The highest BCUT2D eigenvalue weighted by molar-refractivity contribution is 7.10. The number of rotatable bonds is 7. The van der Waals surface area contributed by atoms with E-state index in [1.807, 2.05) is 18.2 Å². The summed E-state index contributed by atoms with van der Waals surface area (Å²) >= 11 is 1.65. The van der Waals surface area contributed by atoms with E-state index in [1.54, 1.807) is 23.5 Å². The van der Waals surface area contributed by atoms with Crippen LogP contribution in [0, 0.1) is 11.7 Å². The van der Waals surface area contributed by atoms with Crippen molar-refractivity contribution in [1.82, 2.24) is 4.90 Å². The Balaban J connectivity index is 1.31. The maximum Gasteiger partial charge on any atom is 0.332 e. The van der Waals surface area contributed by atoms with Crippen molar-refractivity contribution in [3.8, 4) is 0 Å². The summed E-state index contributed by atoms with van der Waals surface area (Å²) in [7, 11) is 0. The molecule has 4 aliphatic rings. The van der Waals surface area contributed by atoms with Gasteiger partial charge in [0.05, 0.1) is 19.6 Å². The van der Waals surface area contributed by atoms with Crippen molar-refractivity contribution < 1.29 is 18.4 Å². The van der Waals surface area contributed by atoms with E-state index in [1.165, 1.54) is 6.42 Å². The van der Waals surface area contributed by atoms with Gasteiger partial charge in [0.1, 0.15) is 12.4 Å². The number of halogens is 1. The molecule has 6 rings (SSSR count). The van der Waals surface area contributed by atoms with E-state index in [-0.39, 0.29) is 17.9 Å². The van der Waals surface area contributed by atoms with E-state index >= 15 is 0 Å². The molecule has 1 aromatic heterocycles. The predicted octanol–water partition coefficient (Wildman–Crippen LogP) is 4.98. The van der Waals surface area contributed by atoms with Gasteiger partial charge in [0.2, 0.25) is 0 Å². The zero-order chi connectivity index (χ0) is 22.9. The van der Waals surface area contributed by atoms with Crippen LogP contribution in [0.3, 0.4) is 0 Å². The Morgan fingerprint density at radius 1 is 1.15 bits per heavy atom. The number of piperidine rings is 4. The van der Waals surface area contributed by atoms with Gasteiger partial charge in [-0.25, -0.2) is 9.18 Å². The standard InChI is InChI=1S/C27H36FN2O2S/c1-27(25-10-7-19-33-25,29-14-5-2-6-15-29)26(31)32-24-20-30(17-12-22(24)13-18-30)16-11-21-8-3-4-9-23(21)28/h3-4,7-10,19,22,24H,2,5-6,11-18,20H2,1H3/q+1/t22?,24-,27-,30?/m0/s1. The van der Waals surface area contributed by atoms with Crippen molar-refractivity contribution in [1.29, 1.82) is 0 Å². The Bertz CT molecular complexity index is 951. The van der Waals surface area contributed by atoms with Crippen LogP contribution in [0.5, 0.6) is 0 Å². The summed E-state index contributed by atoms with van der Waals surface area (Å²) in [6.45, 7) is 7.96. The number of benzene rings is 1. The molecule has 1 aromatic carbocycles. The first-order valence-electron chi connectivity index (χ1n) is 12.6. The number of carbonyl (C=O) groups excluding carboxylic acids is 1. The summed E-state index contributed by atoms with van der Waals surface area (Å²) in [6, 6.07) is 11.2. The topological polar surface area (TPSA) is 29.5 Å². The van der Waals surface area contributed by atoms with Gasteiger partial charge in [-0.2, -0.15) is 0 Å². The summed E-state index contributed by atoms with van der Waals surface area (Å²) in [5, 5.41) is 2.06. The monoisotopic (exact) mass is 471 g/mol. The number of quaternary nitrogens is 1. The van der Waals surface area contributed by atoms with E-state index in [0.29, 0.717) is 5.92 Å². The molecule has 2 atom stereocenters. The third-order valence-corrected chi connectivity index (χ3v) is 9.58. The third kappa shape index (κ3) is 4.50. The van der Waals surface area contributed by atoms with Crippen molar-refractivity contribution in [2.45, 2.75) is 57.1 Å². The molecule has 0 amide bonds. The van der Waals surface area contributed by atoms with Gasteiger partial charge >= 0.3 is 5.97 Å². The second-order valence-corrected chi connectivity index (χ2v) is 11.4. The molecule has 33 heavy (non-hydrogen) atoms. The number of hydrogen-bond acceptors (Lipinski definition) is 4. The highest BCUT2D eigenvalue weighted by Crippen LogP contribution is 2.40. The molecule has 0 aliphatic carbocycles. The Hall–Kier alpha value is -1.76. The molecule has 0 saturated carbocycles. The summed E-state index contributed by atoms with van der Waals surface area (Å²) in [4.78, 5) is 17.2. The van der Waals surface area contributed by atoms with Gasteiger partial charge < -0.3 is 9.22 Å². The SMILES string of the molecule is C[C@@](C(=O)O[C@H]1C[N+]2(CCc3ccccc3F)CCC1CC2)(c1cccs1)N1CCCCC1. The lowest BCUT2D eigenvalue weighted by Gasteiger charge is -2.52. The molecule has 4 aliphatic heterocycles. The van der Waals surface area contributed by atoms with Gasteiger partial charge in [-0.15, -0.1) is 11.3 Å². The lowest BCUT2D eigenvalue weighted by atomic mass is 9.82. The molecule has 0 spiro atoms. The maximum absolute atomic E-state index is 14.2. The van der Waals surface area contributed by atoms with Crippen molar-refractivity contribution in [2.75, 3.05) is 39.3 Å². The van der Waals surface area contributed by atoms with E-state index in [2.05, 4.69) is 23.3 Å². The van der Waals surface area contributed by atoms with Crippen LogP contribution < -0.4 is 0 Å². The van der Waals surface area contributed by atoms with E-state index in [9.17, 15) is 9.18 Å². The molecule has 6 heteroatoms. The molecule has 0 N–H and O–H groups in total. The van der Waals surface area contributed by atoms with Crippen molar-refractivity contribution in [3.05, 3.63) is 58.0 Å². The number of likely N-dealkylation sites (tertiary alicyclic amines) is 1. The van der Waals surface area contributed by atoms with E-state index in [0.717, 1.165) is 86.3 Å². The Labute approximate surface area is 200 Å². The van der Waals surface area contributed by atoms with Crippen LogP contribution in [0.25, 0.3) is 0 Å². The highest BCUT2D eigenvalue weighted by atomic mass is 32.1. The van der Waals surface area contributed by atoms with Crippen molar-refractivity contribution >= 4 is 17.3 Å². The highest BCUT2D eigenvalue weighted by Gasteiger charge is 2.51. The molecular weight excluding hydrogens is 435 g/mol. The Morgan fingerprint density at radius 3 is 2.61 bits per heavy atom. The average molecular weight is 472 g/mol. The van der Waals surface area contributed by atoms with Gasteiger partial charge in [-0.05, 0) is 55.9 Å². The molecule has 2 bridgehead atoms. The van der Waals surface area contributed by atoms with Crippen LogP contribution in [0.4, 0.5) is 4.39 Å². The van der Waals surface area contributed by atoms with Gasteiger partial charge in [0.25, 0.3) is 0 Å². The average Bonchev–Trinajstić information content (AvgIpc) is 3.40. The third-order valence-electron chi connectivity index (χ3n) is 8.50. The maximum atomic E-state index is 14.2. The summed E-state index contributed by atoms with van der Waals surface area (Å²) in [5.74, 6) is 0.257. The zero-order valence-corrected chi connectivity index (χ0v) is 20.5. The van der Waals surface area contributed by atoms with Gasteiger partial charge in [0.15, 0.2) is 11.6 Å². The first-order chi connectivity index (χ1) is 16.0. The summed E-state index contributed by atoms with van der Waals surface area (Å²) in [6.07, 6.45) is 6.39. The van der Waals surface area contributed by atoms with Crippen LogP contribution in [0.2, 0.25) is 0 Å². The molecule has 4 nitrogen and oxygen atoms in total. The Kier molecular flexibility index (Phi) is 6.60. The first kappa shape index (κ1) is 23.0. The first-order valence-corrected chi connectivity index (χ1v) is 13.5. The van der Waals surface area contributed by atoms with Gasteiger partial charge in [-0.1, -0.05) is 30.7 Å². The minimum Gasteiger partial charge on any atom is -0.454 e. The molecule has 178 valence electrons. The molecular formula is C27H36FN2O2S+. The van der Waals surface area contributed by atoms with E-state index in [4.69, 9.17) is 4.74 Å². The second kappa shape index (κ2) is 9.47. The largest absolute Gasteiger partial charge is 0.454 e. The quantitative estimate of drug-likeness (QED) is 0.421. The van der Waals surface area contributed by atoms with Crippen LogP contribution in [0.1, 0.15) is 49.5 Å². The summed E-state index contributed by atoms with van der Waals surface area (Å²) in [5.41, 5.74) is 0.0834. The predicted molar refractivity (Wildman–Crippen MR) is 130 cm³/mol. The number of esters is 1. The zero-order valence-electron chi connectivity index (χ0n) is 19.7. The number of nitrogens with zero attached hydrogens (tertiary/aromatic N) is 2. The van der Waals surface area contributed by atoms with E-state index < -0.39 is 5.54 Å². The number of ether oxygens (including phenoxy) is 1. The number of hydrogen-bond donors (Lipinski definition) is 0. The minimum absolute atomic E-state index is 0.0373. The molecule has 0 unspecified atom stereocenters. The number of carbonyl (C=O) groups is 1. The van der Waals surface area contributed by atoms with Gasteiger partial charge in [-0.3, -0.25) is 4.90 Å². The van der Waals surface area contributed by atoms with Gasteiger partial charge in [0, 0.05) is 30.1 Å². The van der Waals surface area contributed by atoms with Crippen molar-refractivity contribution in [2.24, 2.45) is 5.92 Å². The smallest absolute Gasteiger partial charge is 0.332 e. The van der Waals surface area contributed by atoms with Crippen LogP contribution >= 0.6 is 11.3 Å². The minimum atomic E-state index is -0.710. The fraction of sp³-hybridized carbons (Fsp3) is 0.593. The fourth-order valence-corrected chi connectivity index (χ4v) is 7.17. The van der Waals surface area contributed by atoms with Crippen LogP contribution in [-0.2, 0) is 21.5 Å². The van der Waals surface area contributed by atoms with Crippen LogP contribution in [-0.4, -0.2) is 60.7 Å².